The van der Waals surface area contributed by atoms with E-state index in [1.807, 2.05) is 54.8 Å². The van der Waals surface area contributed by atoms with E-state index in [1.165, 1.54) is 11.8 Å². The maximum Gasteiger partial charge on any atom is 0.231 e. The summed E-state index contributed by atoms with van der Waals surface area (Å²) in [6, 6.07) is 15.3. The summed E-state index contributed by atoms with van der Waals surface area (Å²) in [6.07, 6.45) is 0. The topological polar surface area (TPSA) is 76.9 Å². The molecule has 1 aliphatic rings. The summed E-state index contributed by atoms with van der Waals surface area (Å²) in [5, 5.41) is 12.1. The van der Waals surface area contributed by atoms with Gasteiger partial charge in [0.2, 0.25) is 5.91 Å². The number of hydrogen-bond donors (Lipinski definition) is 1. The van der Waals surface area contributed by atoms with Crippen molar-refractivity contribution in [3.63, 3.8) is 0 Å². The first-order chi connectivity index (χ1) is 13.6. The van der Waals surface area contributed by atoms with Gasteiger partial charge in [-0.25, -0.2) is 0 Å². The first-order valence-electron chi connectivity index (χ1n) is 9.18. The molecule has 0 saturated carbocycles. The van der Waals surface area contributed by atoms with Gasteiger partial charge in [0, 0.05) is 23.4 Å². The summed E-state index contributed by atoms with van der Waals surface area (Å²) >= 11 is 1.38. The molecule has 1 aliphatic heterocycles. The van der Waals surface area contributed by atoms with Gasteiger partial charge in [0.05, 0.1) is 11.7 Å². The van der Waals surface area contributed by atoms with Crippen LogP contribution in [0, 0.1) is 0 Å². The molecule has 0 radical (unpaired) electrons. The molecule has 1 N–H and O–H groups in total. The Hall–Kier alpha value is -2.93. The number of thioether (sulfide) groups is 1. The van der Waals surface area contributed by atoms with E-state index in [9.17, 15) is 9.59 Å². The largest absolute Gasteiger partial charge is 0.325 e. The van der Waals surface area contributed by atoms with Crippen LogP contribution in [0.25, 0.3) is 11.4 Å². The summed E-state index contributed by atoms with van der Waals surface area (Å²) in [4.78, 5) is 24.5. The molecule has 0 saturated heterocycles. The van der Waals surface area contributed by atoms with E-state index < -0.39 is 0 Å². The predicted octanol–water partition coefficient (Wildman–Crippen LogP) is 4.00. The molecule has 7 heteroatoms. The molecule has 0 spiro atoms. The highest BCUT2D eigenvalue weighted by atomic mass is 32.2. The molecule has 2 heterocycles. The SMILES string of the molecule is CCn1c(SCC(=O)c2ccc3c(c2)[C@@H](C)C(=O)N3)nnc1-c1ccccc1. The van der Waals surface area contributed by atoms with Crippen LogP contribution in [-0.2, 0) is 11.3 Å². The number of Topliss-reactive ketones (excluding diaryl/α,β-unsaturated/α-hetero) is 1. The highest BCUT2D eigenvalue weighted by Crippen LogP contribution is 2.33. The maximum absolute atomic E-state index is 12.7. The molecule has 4 rings (SSSR count). The van der Waals surface area contributed by atoms with Crippen LogP contribution in [0.15, 0.2) is 53.7 Å². The second-order valence-corrected chi connectivity index (χ2v) is 7.58. The second kappa shape index (κ2) is 7.59. The molecule has 1 aromatic heterocycles. The second-order valence-electron chi connectivity index (χ2n) is 6.64. The van der Waals surface area contributed by atoms with Crippen LogP contribution >= 0.6 is 11.8 Å². The first kappa shape index (κ1) is 18.4. The fourth-order valence-electron chi connectivity index (χ4n) is 3.29. The van der Waals surface area contributed by atoms with E-state index in [2.05, 4.69) is 15.5 Å². The van der Waals surface area contributed by atoms with Crippen LogP contribution in [0.1, 0.15) is 35.7 Å². The molecule has 142 valence electrons. The van der Waals surface area contributed by atoms with E-state index >= 15 is 0 Å². The minimum absolute atomic E-state index is 0.00580. The number of aromatic nitrogens is 3. The smallest absolute Gasteiger partial charge is 0.231 e. The van der Waals surface area contributed by atoms with E-state index in [0.29, 0.717) is 5.56 Å². The molecule has 0 unspecified atom stereocenters. The van der Waals surface area contributed by atoms with Crippen LogP contribution in [0.3, 0.4) is 0 Å². The van der Waals surface area contributed by atoms with Crippen molar-refractivity contribution in [1.82, 2.24) is 14.8 Å². The van der Waals surface area contributed by atoms with Crippen LogP contribution in [-0.4, -0.2) is 32.2 Å². The molecule has 6 nitrogen and oxygen atoms in total. The maximum atomic E-state index is 12.7. The lowest BCUT2D eigenvalue weighted by molar-refractivity contribution is -0.116. The molecule has 3 aromatic rings. The van der Waals surface area contributed by atoms with Gasteiger partial charge in [-0.3, -0.25) is 9.59 Å². The third-order valence-corrected chi connectivity index (χ3v) is 5.86. The van der Waals surface area contributed by atoms with Crippen LogP contribution < -0.4 is 5.32 Å². The average Bonchev–Trinajstić information content (AvgIpc) is 3.27. The van der Waals surface area contributed by atoms with Gasteiger partial charge in [0.25, 0.3) is 0 Å². The third-order valence-electron chi connectivity index (χ3n) is 4.89. The number of benzene rings is 2. The number of anilines is 1. The normalized spacial score (nSPS) is 15.4. The Kier molecular flexibility index (Phi) is 5.00. The number of carbonyl (C=O) groups excluding carboxylic acids is 2. The predicted molar refractivity (Wildman–Crippen MR) is 110 cm³/mol. The number of fused-ring (bicyclic) bond motifs is 1. The van der Waals surface area contributed by atoms with Crippen LogP contribution in [0.5, 0.6) is 0 Å². The molecular weight excluding hydrogens is 372 g/mol. The lowest BCUT2D eigenvalue weighted by Crippen LogP contribution is -2.08. The molecule has 1 atom stereocenters. The quantitative estimate of drug-likeness (QED) is 0.507. The first-order valence-corrected chi connectivity index (χ1v) is 10.2. The van der Waals surface area contributed by atoms with Gasteiger partial charge in [-0.05, 0) is 37.6 Å². The van der Waals surface area contributed by atoms with Crippen molar-refractivity contribution in [2.45, 2.75) is 31.5 Å². The van der Waals surface area contributed by atoms with Gasteiger partial charge in [0.15, 0.2) is 16.8 Å². The molecular formula is C21H20N4O2S. The Bertz CT molecular complexity index is 1050. The zero-order chi connectivity index (χ0) is 19.7. The molecule has 28 heavy (non-hydrogen) atoms. The van der Waals surface area contributed by atoms with E-state index in [1.54, 1.807) is 12.1 Å². The number of ketones is 1. The Labute approximate surface area is 167 Å². The zero-order valence-corrected chi connectivity index (χ0v) is 16.5. The highest BCUT2D eigenvalue weighted by Gasteiger charge is 2.27. The third kappa shape index (κ3) is 3.33. The minimum atomic E-state index is -0.230. The van der Waals surface area contributed by atoms with Gasteiger partial charge in [-0.15, -0.1) is 10.2 Å². The van der Waals surface area contributed by atoms with Crippen molar-refractivity contribution in [2.24, 2.45) is 0 Å². The lowest BCUT2D eigenvalue weighted by atomic mass is 9.99. The lowest BCUT2D eigenvalue weighted by Gasteiger charge is -2.08. The van der Waals surface area contributed by atoms with Crippen molar-refractivity contribution >= 4 is 29.1 Å². The van der Waals surface area contributed by atoms with Crippen LogP contribution in [0.2, 0.25) is 0 Å². The van der Waals surface area contributed by atoms with Gasteiger partial charge in [-0.1, -0.05) is 42.1 Å². The Balaban J connectivity index is 1.50. The summed E-state index contributed by atoms with van der Waals surface area (Å²) in [5.74, 6) is 0.812. The highest BCUT2D eigenvalue weighted by molar-refractivity contribution is 7.99. The van der Waals surface area contributed by atoms with Crippen molar-refractivity contribution in [3.8, 4) is 11.4 Å². The number of nitrogens with zero attached hydrogens (tertiary/aromatic N) is 3. The summed E-state index contributed by atoms with van der Waals surface area (Å²) < 4.78 is 2.01. The zero-order valence-electron chi connectivity index (χ0n) is 15.7. The van der Waals surface area contributed by atoms with Crippen molar-refractivity contribution in [3.05, 3.63) is 59.7 Å². The molecule has 2 aromatic carbocycles. The Morgan fingerprint density at radius 2 is 1.96 bits per heavy atom. The average molecular weight is 392 g/mol. The Morgan fingerprint density at radius 3 is 2.71 bits per heavy atom. The van der Waals surface area contributed by atoms with E-state index in [4.69, 9.17) is 0 Å². The van der Waals surface area contributed by atoms with Crippen molar-refractivity contribution < 1.29 is 9.59 Å². The standard InChI is InChI=1S/C21H20N4O2S/c1-3-25-19(14-7-5-4-6-8-14)23-24-21(25)28-12-18(26)15-9-10-17-16(11-15)13(2)20(27)22-17/h4-11,13H,3,12H2,1-2H3,(H,22,27)/t13-/m1/s1. The number of rotatable bonds is 6. The number of hydrogen-bond acceptors (Lipinski definition) is 5. The number of nitrogens with one attached hydrogen (secondary N) is 1. The Morgan fingerprint density at radius 1 is 1.18 bits per heavy atom. The molecule has 1 amide bonds. The van der Waals surface area contributed by atoms with Crippen molar-refractivity contribution in [1.29, 1.82) is 0 Å². The fourth-order valence-corrected chi connectivity index (χ4v) is 4.18. The minimum Gasteiger partial charge on any atom is -0.325 e. The van der Waals surface area contributed by atoms with Gasteiger partial charge >= 0.3 is 0 Å². The summed E-state index contributed by atoms with van der Waals surface area (Å²) in [7, 11) is 0. The van der Waals surface area contributed by atoms with Gasteiger partial charge in [-0.2, -0.15) is 0 Å². The van der Waals surface area contributed by atoms with E-state index in [0.717, 1.165) is 34.3 Å². The molecule has 0 aliphatic carbocycles. The van der Waals surface area contributed by atoms with Gasteiger partial charge in [0.1, 0.15) is 0 Å². The van der Waals surface area contributed by atoms with Gasteiger partial charge < -0.3 is 9.88 Å². The number of carbonyl (C=O) groups is 2. The fraction of sp³-hybridized carbons (Fsp3) is 0.238. The molecule has 0 fully saturated rings. The van der Waals surface area contributed by atoms with Crippen LogP contribution in [0.4, 0.5) is 5.69 Å². The molecule has 0 bridgehead atoms. The summed E-state index contributed by atoms with van der Waals surface area (Å²) in [6.45, 7) is 4.60. The number of amides is 1. The van der Waals surface area contributed by atoms with Crippen molar-refractivity contribution in [2.75, 3.05) is 11.1 Å². The summed E-state index contributed by atoms with van der Waals surface area (Å²) in [5.41, 5.74) is 3.28. The monoisotopic (exact) mass is 392 g/mol. The van der Waals surface area contributed by atoms with E-state index in [-0.39, 0.29) is 23.4 Å².